The molecule has 132 valence electrons. The highest BCUT2D eigenvalue weighted by molar-refractivity contribution is 5.96. The minimum absolute atomic E-state index is 0.0170. The van der Waals surface area contributed by atoms with Crippen molar-refractivity contribution in [1.82, 2.24) is 10.2 Å². The number of methoxy groups -OCH3 is 1. The van der Waals surface area contributed by atoms with Gasteiger partial charge in [0.2, 0.25) is 11.8 Å². The van der Waals surface area contributed by atoms with E-state index in [-0.39, 0.29) is 11.8 Å². The molecule has 1 amide bonds. The van der Waals surface area contributed by atoms with Gasteiger partial charge in [-0.05, 0) is 30.2 Å². The maximum atomic E-state index is 12.7. The van der Waals surface area contributed by atoms with Crippen LogP contribution in [-0.4, -0.2) is 23.2 Å². The lowest BCUT2D eigenvalue weighted by molar-refractivity contribution is -0.117. The van der Waals surface area contributed by atoms with Crippen LogP contribution in [0.2, 0.25) is 0 Å². The van der Waals surface area contributed by atoms with Crippen LogP contribution in [-0.2, 0) is 4.79 Å². The molecule has 0 aliphatic carbocycles. The van der Waals surface area contributed by atoms with Gasteiger partial charge in [0.25, 0.3) is 0 Å². The highest BCUT2D eigenvalue weighted by atomic mass is 16.5. The molecule has 1 unspecified atom stereocenters. The van der Waals surface area contributed by atoms with Crippen molar-refractivity contribution in [3.8, 4) is 17.1 Å². The van der Waals surface area contributed by atoms with Crippen molar-refractivity contribution in [1.29, 1.82) is 0 Å². The predicted molar refractivity (Wildman–Crippen MR) is 102 cm³/mol. The summed E-state index contributed by atoms with van der Waals surface area (Å²) in [7, 11) is 1.55. The van der Waals surface area contributed by atoms with Gasteiger partial charge in [0.15, 0.2) is 0 Å². The summed E-state index contributed by atoms with van der Waals surface area (Å²) in [6.07, 6.45) is 0.736. The highest BCUT2D eigenvalue weighted by Crippen LogP contribution is 2.24. The molecule has 1 aromatic heterocycles. The molecule has 0 saturated heterocycles. The van der Waals surface area contributed by atoms with Crippen LogP contribution >= 0.6 is 0 Å². The average molecular weight is 347 g/mol. The fourth-order valence-corrected chi connectivity index (χ4v) is 2.83. The molecule has 5 heteroatoms. The normalized spacial score (nSPS) is 11.6. The van der Waals surface area contributed by atoms with Crippen LogP contribution in [0.4, 0.5) is 5.69 Å². The zero-order chi connectivity index (χ0) is 18.4. The lowest BCUT2D eigenvalue weighted by Crippen LogP contribution is -2.20. The Morgan fingerprint density at radius 2 is 1.85 bits per heavy atom. The predicted octanol–water partition coefficient (Wildman–Crippen LogP) is 4.28. The summed E-state index contributed by atoms with van der Waals surface area (Å²) < 4.78 is 5.03. The average Bonchev–Trinajstić information content (AvgIpc) is 2.69. The lowest BCUT2D eigenvalue weighted by atomic mass is 9.95. The van der Waals surface area contributed by atoms with Gasteiger partial charge in [0, 0.05) is 17.3 Å². The Hall–Kier alpha value is -3.21. The zero-order valence-electron chi connectivity index (χ0n) is 14.8. The summed E-state index contributed by atoms with van der Waals surface area (Å²) in [6, 6.07) is 21.0. The van der Waals surface area contributed by atoms with E-state index >= 15 is 0 Å². The summed E-state index contributed by atoms with van der Waals surface area (Å²) in [4.78, 5) is 12.7. The highest BCUT2D eigenvalue weighted by Gasteiger charge is 2.18. The molecule has 0 radical (unpaired) electrons. The Morgan fingerprint density at radius 3 is 2.50 bits per heavy atom. The lowest BCUT2D eigenvalue weighted by Gasteiger charge is -2.16. The molecule has 2 aromatic carbocycles. The molecule has 0 aliphatic heterocycles. The number of hydrogen-bond donors (Lipinski definition) is 1. The number of hydrogen-bond acceptors (Lipinski definition) is 4. The molecule has 26 heavy (non-hydrogen) atoms. The minimum Gasteiger partial charge on any atom is -0.480 e. The number of nitrogens with zero attached hydrogens (tertiary/aromatic N) is 2. The summed E-state index contributed by atoms with van der Waals surface area (Å²) in [5.41, 5.74) is 3.35. The van der Waals surface area contributed by atoms with E-state index < -0.39 is 0 Å². The number of amides is 1. The first-order chi connectivity index (χ1) is 12.7. The van der Waals surface area contributed by atoms with Crippen molar-refractivity contribution in [3.63, 3.8) is 0 Å². The topological polar surface area (TPSA) is 64.1 Å². The maximum absolute atomic E-state index is 12.7. The van der Waals surface area contributed by atoms with Crippen molar-refractivity contribution in [2.75, 3.05) is 12.4 Å². The molecule has 1 N–H and O–H groups in total. The summed E-state index contributed by atoms with van der Waals surface area (Å²) >= 11 is 0. The summed E-state index contributed by atoms with van der Waals surface area (Å²) in [6.45, 7) is 2.01. The third-order valence-electron chi connectivity index (χ3n) is 4.20. The summed E-state index contributed by atoms with van der Waals surface area (Å²) in [5.74, 6) is 0.268. The van der Waals surface area contributed by atoms with E-state index in [0.717, 1.165) is 28.9 Å². The minimum atomic E-state index is -0.180. The number of carbonyl (C=O) groups excluding carboxylic acids is 1. The summed E-state index contributed by atoms with van der Waals surface area (Å²) in [5, 5.41) is 11.1. The van der Waals surface area contributed by atoms with E-state index in [0.29, 0.717) is 5.88 Å². The first kappa shape index (κ1) is 17.6. The fraction of sp³-hybridized carbons (Fsp3) is 0.190. The van der Waals surface area contributed by atoms with Gasteiger partial charge in [-0.2, -0.15) is 0 Å². The number of aromatic nitrogens is 2. The molecule has 0 aliphatic rings. The van der Waals surface area contributed by atoms with Gasteiger partial charge in [-0.1, -0.05) is 49.4 Å². The largest absolute Gasteiger partial charge is 0.480 e. The van der Waals surface area contributed by atoms with E-state index in [4.69, 9.17) is 4.74 Å². The van der Waals surface area contributed by atoms with Gasteiger partial charge in [-0.25, -0.2) is 0 Å². The molecule has 1 atom stereocenters. The Labute approximate surface area is 153 Å². The molecule has 0 bridgehead atoms. The first-order valence-corrected chi connectivity index (χ1v) is 8.55. The number of rotatable bonds is 6. The third-order valence-corrected chi connectivity index (χ3v) is 4.20. The van der Waals surface area contributed by atoms with Crippen LogP contribution in [0.3, 0.4) is 0 Å². The molecule has 3 rings (SSSR count). The molecular weight excluding hydrogens is 326 g/mol. The van der Waals surface area contributed by atoms with E-state index in [1.807, 2.05) is 67.6 Å². The van der Waals surface area contributed by atoms with Crippen molar-refractivity contribution in [2.24, 2.45) is 0 Å². The molecule has 0 saturated carbocycles. The van der Waals surface area contributed by atoms with Crippen molar-refractivity contribution >= 4 is 11.6 Å². The van der Waals surface area contributed by atoms with Gasteiger partial charge < -0.3 is 10.1 Å². The number of nitrogens with one attached hydrogen (secondary N) is 1. The van der Waals surface area contributed by atoms with Crippen LogP contribution in [0, 0.1) is 0 Å². The van der Waals surface area contributed by atoms with Gasteiger partial charge in [-0.15, -0.1) is 10.2 Å². The monoisotopic (exact) mass is 347 g/mol. The second-order valence-electron chi connectivity index (χ2n) is 5.90. The molecule has 1 heterocycles. The SMILES string of the molecule is CCC(C(=O)Nc1cccc(-c2ccc(OC)nn2)c1)c1ccccc1. The van der Waals surface area contributed by atoms with Crippen LogP contribution in [0.25, 0.3) is 11.3 Å². The Balaban J connectivity index is 1.78. The van der Waals surface area contributed by atoms with Gasteiger partial charge in [-0.3, -0.25) is 4.79 Å². The number of ether oxygens (including phenoxy) is 1. The van der Waals surface area contributed by atoms with Crippen molar-refractivity contribution in [2.45, 2.75) is 19.3 Å². The maximum Gasteiger partial charge on any atom is 0.233 e. The molecule has 5 nitrogen and oxygen atoms in total. The smallest absolute Gasteiger partial charge is 0.233 e. The van der Waals surface area contributed by atoms with Gasteiger partial charge >= 0.3 is 0 Å². The number of carbonyl (C=O) groups is 1. The fourth-order valence-electron chi connectivity index (χ4n) is 2.83. The quantitative estimate of drug-likeness (QED) is 0.723. The van der Waals surface area contributed by atoms with Crippen LogP contribution in [0.1, 0.15) is 24.8 Å². The second-order valence-corrected chi connectivity index (χ2v) is 5.90. The van der Waals surface area contributed by atoms with Crippen LogP contribution < -0.4 is 10.1 Å². The molecule has 3 aromatic rings. The molecule has 0 spiro atoms. The van der Waals surface area contributed by atoms with E-state index in [2.05, 4.69) is 15.5 Å². The third kappa shape index (κ3) is 4.06. The van der Waals surface area contributed by atoms with Crippen molar-refractivity contribution in [3.05, 3.63) is 72.3 Å². The zero-order valence-corrected chi connectivity index (χ0v) is 14.8. The Bertz CT molecular complexity index is 864. The second kappa shape index (κ2) is 8.25. The Kier molecular flexibility index (Phi) is 5.59. The van der Waals surface area contributed by atoms with Gasteiger partial charge in [0.05, 0.1) is 18.7 Å². The van der Waals surface area contributed by atoms with Gasteiger partial charge in [0.1, 0.15) is 0 Å². The molecular formula is C21H21N3O2. The number of anilines is 1. The van der Waals surface area contributed by atoms with Crippen LogP contribution in [0.15, 0.2) is 66.7 Å². The van der Waals surface area contributed by atoms with E-state index in [9.17, 15) is 4.79 Å². The van der Waals surface area contributed by atoms with Crippen LogP contribution in [0.5, 0.6) is 5.88 Å². The van der Waals surface area contributed by atoms with Crippen molar-refractivity contribution < 1.29 is 9.53 Å². The number of benzene rings is 2. The van der Waals surface area contributed by atoms with E-state index in [1.54, 1.807) is 13.2 Å². The standard InChI is InChI=1S/C21H21N3O2/c1-3-18(15-8-5-4-6-9-15)21(25)22-17-11-7-10-16(14-17)19-12-13-20(26-2)24-23-19/h4-14,18H,3H2,1-2H3,(H,22,25). The first-order valence-electron chi connectivity index (χ1n) is 8.55. The molecule has 0 fully saturated rings. The Morgan fingerprint density at radius 1 is 1.04 bits per heavy atom. The van der Waals surface area contributed by atoms with E-state index in [1.165, 1.54) is 0 Å².